The number of carbonyl (C=O) groups is 1. The van der Waals surface area contributed by atoms with Crippen molar-refractivity contribution < 1.29 is 4.79 Å². The van der Waals surface area contributed by atoms with Crippen molar-refractivity contribution >= 4 is 29.1 Å². The molecule has 2 unspecified atom stereocenters. The molecule has 6 heteroatoms. The van der Waals surface area contributed by atoms with Gasteiger partial charge in [0.15, 0.2) is 0 Å². The highest BCUT2D eigenvalue weighted by Crippen LogP contribution is 2.49. The van der Waals surface area contributed by atoms with Crippen LogP contribution in [0.4, 0.5) is 0 Å². The van der Waals surface area contributed by atoms with E-state index in [-0.39, 0.29) is 17.7 Å². The van der Waals surface area contributed by atoms with Gasteiger partial charge in [0.1, 0.15) is 0 Å². The van der Waals surface area contributed by atoms with E-state index in [9.17, 15) is 4.79 Å². The van der Waals surface area contributed by atoms with E-state index in [1.807, 2.05) is 43.3 Å². The third-order valence-corrected chi connectivity index (χ3v) is 5.80. The monoisotopic (exact) mass is 415 g/mol. The van der Waals surface area contributed by atoms with Gasteiger partial charge in [0.05, 0.1) is 21.7 Å². The molecule has 1 amide bonds. The normalized spacial score (nSPS) is 18.0. The molecule has 0 saturated heterocycles. The summed E-state index contributed by atoms with van der Waals surface area (Å²) < 4.78 is 0. The van der Waals surface area contributed by atoms with Crippen molar-refractivity contribution in [1.29, 1.82) is 5.26 Å². The molecule has 0 aliphatic heterocycles. The van der Waals surface area contributed by atoms with Crippen LogP contribution in [-0.2, 0) is 11.3 Å². The van der Waals surface area contributed by atoms with Gasteiger partial charge in [-0.1, -0.05) is 41.4 Å². The fourth-order valence-electron chi connectivity index (χ4n) is 3.31. The molecule has 4 nitrogen and oxygen atoms in total. The smallest absolute Gasteiger partial charge is 0.226 e. The van der Waals surface area contributed by atoms with E-state index in [1.54, 1.807) is 18.2 Å². The third kappa shape index (κ3) is 5.05. The van der Waals surface area contributed by atoms with E-state index < -0.39 is 0 Å². The Bertz CT molecular complexity index is 890. The second kappa shape index (κ2) is 8.96. The second-order valence-electron chi connectivity index (χ2n) is 7.49. The van der Waals surface area contributed by atoms with Crippen LogP contribution < -0.4 is 0 Å². The number of halogens is 2. The first-order valence-corrected chi connectivity index (χ1v) is 10.0. The maximum Gasteiger partial charge on any atom is 0.226 e. The van der Waals surface area contributed by atoms with Gasteiger partial charge in [0.25, 0.3) is 0 Å². The molecule has 0 bridgehead atoms. The molecule has 3 rings (SSSR count). The summed E-state index contributed by atoms with van der Waals surface area (Å²) in [6.07, 6.45) is 0.836. The first kappa shape index (κ1) is 20.7. The predicted molar refractivity (Wildman–Crippen MR) is 112 cm³/mol. The highest BCUT2D eigenvalue weighted by Gasteiger charge is 2.45. The summed E-state index contributed by atoms with van der Waals surface area (Å²) in [6, 6.07) is 15.1. The van der Waals surface area contributed by atoms with Crippen LogP contribution in [0.1, 0.15) is 29.0 Å². The van der Waals surface area contributed by atoms with Crippen molar-refractivity contribution in [2.24, 2.45) is 5.92 Å². The van der Waals surface area contributed by atoms with E-state index in [2.05, 4.69) is 11.0 Å². The standard InChI is InChI=1S/C22H23Cl2N3O/c1-26(2)9-10-27(14-16-5-3-15(13-25)4-6-16)22(28)19-12-18(19)17-7-8-20(23)21(24)11-17/h3-8,11,18-19H,9-10,12,14H2,1-2H3. The van der Waals surface area contributed by atoms with E-state index in [4.69, 9.17) is 28.5 Å². The lowest BCUT2D eigenvalue weighted by Crippen LogP contribution is -2.37. The van der Waals surface area contributed by atoms with Crippen LogP contribution in [0.5, 0.6) is 0 Å². The topological polar surface area (TPSA) is 47.3 Å². The molecule has 1 aliphatic carbocycles. The Hall–Kier alpha value is -2.06. The minimum atomic E-state index is -0.0159. The van der Waals surface area contributed by atoms with Gasteiger partial charge in [-0.25, -0.2) is 0 Å². The summed E-state index contributed by atoms with van der Waals surface area (Å²) >= 11 is 12.1. The van der Waals surface area contributed by atoms with Gasteiger partial charge < -0.3 is 9.80 Å². The number of hydrogen-bond acceptors (Lipinski definition) is 3. The zero-order chi connectivity index (χ0) is 20.3. The summed E-state index contributed by atoms with van der Waals surface area (Å²) in [5, 5.41) is 10.0. The number of amides is 1. The Morgan fingerprint density at radius 2 is 1.82 bits per heavy atom. The number of likely N-dealkylation sites (N-methyl/N-ethyl adjacent to an activating group) is 1. The summed E-state index contributed by atoms with van der Waals surface area (Å²) in [5.74, 6) is 0.352. The van der Waals surface area contributed by atoms with Crippen LogP contribution in [0, 0.1) is 17.2 Å². The SMILES string of the molecule is CN(C)CCN(Cc1ccc(C#N)cc1)C(=O)C1CC1c1ccc(Cl)c(Cl)c1. The molecule has 1 saturated carbocycles. The molecular formula is C22H23Cl2N3O. The molecule has 0 aromatic heterocycles. The molecule has 0 N–H and O–H groups in total. The average molecular weight is 416 g/mol. The first-order chi connectivity index (χ1) is 13.4. The molecule has 1 fully saturated rings. The maximum atomic E-state index is 13.2. The molecule has 0 spiro atoms. The lowest BCUT2D eigenvalue weighted by atomic mass is 10.1. The van der Waals surface area contributed by atoms with Crippen LogP contribution in [0.2, 0.25) is 10.0 Å². The van der Waals surface area contributed by atoms with E-state index in [0.717, 1.165) is 24.1 Å². The van der Waals surface area contributed by atoms with E-state index in [1.165, 1.54) is 0 Å². The van der Waals surface area contributed by atoms with Crippen LogP contribution in [0.3, 0.4) is 0 Å². The fraction of sp³-hybridized carbons (Fsp3) is 0.364. The van der Waals surface area contributed by atoms with Crippen LogP contribution in [0.15, 0.2) is 42.5 Å². The number of nitrogens with zero attached hydrogens (tertiary/aromatic N) is 3. The van der Waals surface area contributed by atoms with Crippen molar-refractivity contribution in [3.05, 3.63) is 69.2 Å². The minimum Gasteiger partial charge on any atom is -0.337 e. The first-order valence-electron chi connectivity index (χ1n) is 9.26. The lowest BCUT2D eigenvalue weighted by molar-refractivity contribution is -0.133. The maximum absolute atomic E-state index is 13.2. The second-order valence-corrected chi connectivity index (χ2v) is 8.31. The van der Waals surface area contributed by atoms with E-state index >= 15 is 0 Å². The Labute approximate surface area is 176 Å². The van der Waals surface area contributed by atoms with Crippen LogP contribution >= 0.6 is 23.2 Å². The molecule has 2 aromatic carbocycles. The molecule has 0 radical (unpaired) electrons. The Kier molecular flexibility index (Phi) is 6.61. The Balaban J connectivity index is 1.71. The zero-order valence-electron chi connectivity index (χ0n) is 16.0. The van der Waals surface area contributed by atoms with E-state index in [0.29, 0.717) is 28.7 Å². The highest BCUT2D eigenvalue weighted by molar-refractivity contribution is 6.42. The van der Waals surface area contributed by atoms with Gasteiger partial charge in [-0.2, -0.15) is 5.26 Å². The Morgan fingerprint density at radius 1 is 1.11 bits per heavy atom. The van der Waals surface area contributed by atoms with Gasteiger partial charge >= 0.3 is 0 Å². The van der Waals surface area contributed by atoms with Crippen molar-refractivity contribution in [1.82, 2.24) is 9.80 Å². The van der Waals surface area contributed by atoms with Crippen molar-refractivity contribution in [3.8, 4) is 6.07 Å². The highest BCUT2D eigenvalue weighted by atomic mass is 35.5. The number of rotatable bonds is 7. The van der Waals surface area contributed by atoms with Crippen molar-refractivity contribution in [2.45, 2.75) is 18.9 Å². The van der Waals surface area contributed by atoms with Gasteiger partial charge in [-0.3, -0.25) is 4.79 Å². The number of hydrogen-bond donors (Lipinski definition) is 0. The Morgan fingerprint density at radius 3 is 2.43 bits per heavy atom. The summed E-state index contributed by atoms with van der Waals surface area (Å²) in [5.41, 5.74) is 2.72. The molecule has 1 aliphatic rings. The zero-order valence-corrected chi connectivity index (χ0v) is 17.5. The van der Waals surface area contributed by atoms with Crippen LogP contribution in [0.25, 0.3) is 0 Å². The quantitative estimate of drug-likeness (QED) is 0.665. The van der Waals surface area contributed by atoms with Gasteiger partial charge in [-0.15, -0.1) is 0 Å². The minimum absolute atomic E-state index is 0.0159. The summed E-state index contributed by atoms with van der Waals surface area (Å²) in [6.45, 7) is 2.01. The molecule has 0 heterocycles. The molecule has 28 heavy (non-hydrogen) atoms. The third-order valence-electron chi connectivity index (χ3n) is 5.06. The average Bonchev–Trinajstić information content (AvgIpc) is 3.48. The lowest BCUT2D eigenvalue weighted by Gasteiger charge is -2.25. The molecule has 2 atom stereocenters. The summed E-state index contributed by atoms with van der Waals surface area (Å²) in [7, 11) is 4.00. The molecular weight excluding hydrogens is 393 g/mol. The largest absolute Gasteiger partial charge is 0.337 e. The number of benzene rings is 2. The van der Waals surface area contributed by atoms with Gasteiger partial charge in [0, 0.05) is 25.6 Å². The number of nitriles is 1. The van der Waals surface area contributed by atoms with Crippen LogP contribution in [-0.4, -0.2) is 42.9 Å². The van der Waals surface area contributed by atoms with Crippen molar-refractivity contribution in [3.63, 3.8) is 0 Å². The predicted octanol–water partition coefficient (Wildman–Crippen LogP) is 4.56. The van der Waals surface area contributed by atoms with Crippen molar-refractivity contribution in [2.75, 3.05) is 27.2 Å². The fourth-order valence-corrected chi connectivity index (χ4v) is 3.61. The van der Waals surface area contributed by atoms with Gasteiger partial charge in [-0.05, 0) is 61.8 Å². The molecule has 146 valence electrons. The van der Waals surface area contributed by atoms with Gasteiger partial charge in [0.2, 0.25) is 5.91 Å². The molecule has 2 aromatic rings. The summed E-state index contributed by atoms with van der Waals surface area (Å²) in [4.78, 5) is 17.2. The number of carbonyl (C=O) groups excluding carboxylic acids is 1.